The van der Waals surface area contributed by atoms with Gasteiger partial charge in [-0.05, 0) is 35.9 Å². The van der Waals surface area contributed by atoms with Crippen LogP contribution in [0.25, 0.3) is 10.9 Å². The van der Waals surface area contributed by atoms with Gasteiger partial charge >= 0.3 is 0 Å². The third-order valence-electron chi connectivity index (χ3n) is 3.09. The normalized spacial score (nSPS) is 10.9. The predicted molar refractivity (Wildman–Crippen MR) is 76.9 cm³/mol. The van der Waals surface area contributed by atoms with Crippen molar-refractivity contribution in [2.45, 2.75) is 6.54 Å². The molecule has 1 aromatic heterocycles. The summed E-state index contributed by atoms with van der Waals surface area (Å²) in [5, 5.41) is 1.96. The van der Waals surface area contributed by atoms with Gasteiger partial charge in [0.1, 0.15) is 0 Å². The molecule has 3 rings (SSSR count). The first-order chi connectivity index (χ1) is 8.74. The van der Waals surface area contributed by atoms with Crippen LogP contribution in [0.4, 0.5) is 5.69 Å². The molecule has 0 aliphatic heterocycles. The molecule has 0 atom stereocenters. The van der Waals surface area contributed by atoms with Crippen LogP contribution in [0.1, 0.15) is 5.56 Å². The SMILES string of the molecule is Nc1ccc2c(ccn2Cc2ccccc2Cl)c1. The molecule has 0 fully saturated rings. The fourth-order valence-corrected chi connectivity index (χ4v) is 2.36. The highest BCUT2D eigenvalue weighted by Gasteiger charge is 2.04. The van der Waals surface area contributed by atoms with Crippen molar-refractivity contribution in [1.29, 1.82) is 0 Å². The van der Waals surface area contributed by atoms with Crippen LogP contribution in [0.15, 0.2) is 54.7 Å². The summed E-state index contributed by atoms with van der Waals surface area (Å²) in [6.45, 7) is 0.771. The highest BCUT2D eigenvalue weighted by molar-refractivity contribution is 6.31. The molecule has 0 unspecified atom stereocenters. The summed E-state index contributed by atoms with van der Waals surface area (Å²) < 4.78 is 2.18. The van der Waals surface area contributed by atoms with Gasteiger partial charge in [-0.15, -0.1) is 0 Å². The zero-order valence-corrected chi connectivity index (χ0v) is 10.6. The average molecular weight is 257 g/mol. The molecule has 0 spiro atoms. The van der Waals surface area contributed by atoms with E-state index in [1.807, 2.05) is 42.5 Å². The van der Waals surface area contributed by atoms with E-state index in [1.54, 1.807) is 0 Å². The lowest BCUT2D eigenvalue weighted by Crippen LogP contribution is -1.98. The number of rotatable bonds is 2. The van der Waals surface area contributed by atoms with Crippen molar-refractivity contribution in [3.8, 4) is 0 Å². The second kappa shape index (κ2) is 4.39. The zero-order chi connectivity index (χ0) is 12.5. The van der Waals surface area contributed by atoms with E-state index in [4.69, 9.17) is 17.3 Å². The molecule has 0 aliphatic carbocycles. The minimum Gasteiger partial charge on any atom is -0.399 e. The smallest absolute Gasteiger partial charge is 0.0490 e. The molecule has 2 aromatic carbocycles. The molecule has 90 valence electrons. The van der Waals surface area contributed by atoms with E-state index in [9.17, 15) is 0 Å². The van der Waals surface area contributed by atoms with Crippen molar-refractivity contribution < 1.29 is 0 Å². The Morgan fingerprint density at radius 3 is 2.72 bits per heavy atom. The van der Waals surface area contributed by atoms with Crippen LogP contribution in [0.5, 0.6) is 0 Å². The summed E-state index contributed by atoms with van der Waals surface area (Å²) in [6, 6.07) is 15.9. The predicted octanol–water partition coefficient (Wildman–Crippen LogP) is 3.93. The lowest BCUT2D eigenvalue weighted by atomic mass is 10.2. The topological polar surface area (TPSA) is 30.9 Å². The van der Waals surface area contributed by atoms with E-state index in [-0.39, 0.29) is 0 Å². The first-order valence-electron chi connectivity index (χ1n) is 5.82. The zero-order valence-electron chi connectivity index (χ0n) is 9.81. The van der Waals surface area contributed by atoms with Gasteiger partial charge in [0, 0.05) is 34.4 Å². The molecule has 0 saturated heterocycles. The molecule has 0 bridgehead atoms. The third-order valence-corrected chi connectivity index (χ3v) is 3.46. The van der Waals surface area contributed by atoms with Crippen molar-refractivity contribution in [1.82, 2.24) is 4.57 Å². The quantitative estimate of drug-likeness (QED) is 0.692. The number of hydrogen-bond donors (Lipinski definition) is 1. The number of nitrogen functional groups attached to an aromatic ring is 1. The average Bonchev–Trinajstić information content (AvgIpc) is 2.74. The molecule has 2 nitrogen and oxygen atoms in total. The first kappa shape index (κ1) is 11.2. The van der Waals surface area contributed by atoms with Crippen molar-refractivity contribution in [2.24, 2.45) is 0 Å². The second-order valence-corrected chi connectivity index (χ2v) is 4.76. The number of hydrogen-bond acceptors (Lipinski definition) is 1. The van der Waals surface area contributed by atoms with Crippen molar-refractivity contribution in [3.63, 3.8) is 0 Å². The maximum atomic E-state index is 6.18. The van der Waals surface area contributed by atoms with Gasteiger partial charge in [-0.3, -0.25) is 0 Å². The number of nitrogens with zero attached hydrogens (tertiary/aromatic N) is 1. The van der Waals surface area contributed by atoms with E-state index < -0.39 is 0 Å². The number of anilines is 1. The van der Waals surface area contributed by atoms with E-state index >= 15 is 0 Å². The highest BCUT2D eigenvalue weighted by atomic mass is 35.5. The minimum atomic E-state index is 0.771. The number of aromatic nitrogens is 1. The van der Waals surface area contributed by atoms with Gasteiger partial charge in [0.15, 0.2) is 0 Å². The number of fused-ring (bicyclic) bond motifs is 1. The van der Waals surface area contributed by atoms with Gasteiger partial charge in [0.25, 0.3) is 0 Å². The molecule has 1 heterocycles. The van der Waals surface area contributed by atoms with Crippen LogP contribution in [0.2, 0.25) is 5.02 Å². The lowest BCUT2D eigenvalue weighted by Gasteiger charge is -2.07. The minimum absolute atomic E-state index is 0.771. The van der Waals surface area contributed by atoms with Gasteiger partial charge in [0.2, 0.25) is 0 Å². The largest absolute Gasteiger partial charge is 0.399 e. The summed E-state index contributed by atoms with van der Waals surface area (Å²) in [7, 11) is 0. The number of halogens is 1. The van der Waals surface area contributed by atoms with E-state index in [2.05, 4.69) is 16.8 Å². The second-order valence-electron chi connectivity index (χ2n) is 4.35. The Morgan fingerprint density at radius 1 is 1.06 bits per heavy atom. The molecule has 3 aromatic rings. The lowest BCUT2D eigenvalue weighted by molar-refractivity contribution is 0.837. The maximum absolute atomic E-state index is 6.18. The van der Waals surface area contributed by atoms with Crippen LogP contribution in [-0.2, 0) is 6.54 Å². The summed E-state index contributed by atoms with van der Waals surface area (Å²) in [4.78, 5) is 0. The summed E-state index contributed by atoms with van der Waals surface area (Å²) in [5.41, 5.74) is 8.86. The molecule has 0 amide bonds. The van der Waals surface area contributed by atoms with Gasteiger partial charge in [-0.1, -0.05) is 29.8 Å². The van der Waals surface area contributed by atoms with Crippen molar-refractivity contribution >= 4 is 28.2 Å². The van der Waals surface area contributed by atoms with Crippen molar-refractivity contribution in [2.75, 3.05) is 5.73 Å². The Labute approximate surface area is 111 Å². The van der Waals surface area contributed by atoms with Crippen LogP contribution >= 0.6 is 11.6 Å². The molecule has 0 saturated carbocycles. The van der Waals surface area contributed by atoms with Crippen LogP contribution in [0, 0.1) is 0 Å². The van der Waals surface area contributed by atoms with Crippen LogP contribution < -0.4 is 5.73 Å². The van der Waals surface area contributed by atoms with Gasteiger partial charge in [-0.2, -0.15) is 0 Å². The molecule has 3 heteroatoms. The standard InChI is InChI=1S/C15H13ClN2/c16-14-4-2-1-3-12(14)10-18-8-7-11-9-13(17)5-6-15(11)18/h1-9H,10,17H2. The van der Waals surface area contributed by atoms with Gasteiger partial charge in [-0.25, -0.2) is 0 Å². The van der Waals surface area contributed by atoms with Crippen molar-refractivity contribution in [3.05, 3.63) is 65.3 Å². The number of benzene rings is 2. The highest BCUT2D eigenvalue weighted by Crippen LogP contribution is 2.22. The van der Waals surface area contributed by atoms with Gasteiger partial charge in [0.05, 0.1) is 0 Å². The molecule has 0 radical (unpaired) electrons. The fraction of sp³-hybridized carbons (Fsp3) is 0.0667. The Hall–Kier alpha value is -1.93. The summed E-state index contributed by atoms with van der Waals surface area (Å²) in [6.07, 6.45) is 2.06. The molecule has 18 heavy (non-hydrogen) atoms. The van der Waals surface area contributed by atoms with E-state index in [0.717, 1.165) is 28.2 Å². The molecule has 0 aliphatic rings. The fourth-order valence-electron chi connectivity index (χ4n) is 2.17. The van der Waals surface area contributed by atoms with E-state index in [1.165, 1.54) is 5.52 Å². The summed E-state index contributed by atoms with van der Waals surface area (Å²) in [5.74, 6) is 0. The first-order valence-corrected chi connectivity index (χ1v) is 6.19. The Morgan fingerprint density at radius 2 is 1.89 bits per heavy atom. The Kier molecular flexibility index (Phi) is 2.73. The van der Waals surface area contributed by atoms with Crippen LogP contribution in [-0.4, -0.2) is 4.57 Å². The maximum Gasteiger partial charge on any atom is 0.0490 e. The molecular formula is C15H13ClN2. The van der Waals surface area contributed by atoms with Crippen LogP contribution in [0.3, 0.4) is 0 Å². The monoisotopic (exact) mass is 256 g/mol. The molecule has 2 N–H and O–H groups in total. The Balaban J connectivity index is 2.03. The molecular weight excluding hydrogens is 244 g/mol. The Bertz CT molecular complexity index is 701. The van der Waals surface area contributed by atoms with E-state index in [0.29, 0.717) is 0 Å². The number of nitrogens with two attached hydrogens (primary N) is 1. The summed E-state index contributed by atoms with van der Waals surface area (Å²) >= 11 is 6.18. The van der Waals surface area contributed by atoms with Gasteiger partial charge < -0.3 is 10.3 Å². The third kappa shape index (κ3) is 1.95.